The normalized spacial score (nSPS) is 11.0. The Hall–Kier alpha value is -0.810. The largest absolute Gasteiger partial charge is 0.453 e. The molecule has 1 aromatic heterocycles. The van der Waals surface area contributed by atoms with Crippen molar-refractivity contribution < 1.29 is 4.42 Å². The molecule has 0 aliphatic heterocycles. The van der Waals surface area contributed by atoms with Gasteiger partial charge in [-0.3, -0.25) is 4.79 Å². The van der Waals surface area contributed by atoms with Gasteiger partial charge >= 0.3 is 0 Å². The summed E-state index contributed by atoms with van der Waals surface area (Å²) < 4.78 is 6.87. The van der Waals surface area contributed by atoms with Crippen molar-refractivity contribution in [2.24, 2.45) is 0 Å². The molecule has 0 bridgehead atoms. The van der Waals surface area contributed by atoms with E-state index in [9.17, 15) is 4.79 Å². The molecule has 0 fully saturated rings. The smallest absolute Gasteiger partial charge is 0.207 e. The molecule has 0 N–H and O–H groups in total. The van der Waals surface area contributed by atoms with Crippen LogP contribution in [0.5, 0.6) is 0 Å². The molecule has 0 amide bonds. The van der Waals surface area contributed by atoms with Gasteiger partial charge in [-0.05, 0) is 68.3 Å². The van der Waals surface area contributed by atoms with Gasteiger partial charge in [0.15, 0.2) is 11.3 Å². The zero-order valence-corrected chi connectivity index (χ0v) is 15.0. The minimum absolute atomic E-state index is 0.176. The van der Waals surface area contributed by atoms with Crippen molar-refractivity contribution in [2.75, 3.05) is 0 Å². The van der Waals surface area contributed by atoms with Gasteiger partial charge in [-0.1, -0.05) is 23.2 Å². The van der Waals surface area contributed by atoms with Gasteiger partial charge in [-0.2, -0.15) is 0 Å². The summed E-state index contributed by atoms with van der Waals surface area (Å²) in [5.74, 6) is 0.451. The van der Waals surface area contributed by atoms with Crippen LogP contribution in [0.25, 0.3) is 22.3 Å². The van der Waals surface area contributed by atoms with Crippen molar-refractivity contribution in [1.82, 2.24) is 0 Å². The highest BCUT2D eigenvalue weighted by atomic mass is 79.9. The van der Waals surface area contributed by atoms with E-state index in [2.05, 4.69) is 31.9 Å². The summed E-state index contributed by atoms with van der Waals surface area (Å²) in [5, 5.41) is 1.50. The van der Waals surface area contributed by atoms with E-state index in [1.165, 1.54) is 0 Å². The standard InChI is InChI=1S/C15H6Br2Cl2O2/c16-11-6-9(19)5-10-13(20)12(17)14(21-15(10)11)7-1-3-8(18)4-2-7/h1-6H. The van der Waals surface area contributed by atoms with Crippen LogP contribution in [0.3, 0.4) is 0 Å². The van der Waals surface area contributed by atoms with E-state index in [1.54, 1.807) is 36.4 Å². The van der Waals surface area contributed by atoms with Crippen LogP contribution >= 0.6 is 55.1 Å². The molecule has 106 valence electrons. The van der Waals surface area contributed by atoms with E-state index in [0.717, 1.165) is 5.56 Å². The Balaban J connectivity index is 2.37. The summed E-state index contributed by atoms with van der Waals surface area (Å²) in [6.45, 7) is 0. The molecule has 6 heteroatoms. The number of hydrogen-bond acceptors (Lipinski definition) is 2. The summed E-state index contributed by atoms with van der Waals surface area (Å²) in [5.41, 5.74) is 1.04. The van der Waals surface area contributed by atoms with Crippen LogP contribution in [0.2, 0.25) is 10.0 Å². The zero-order chi connectivity index (χ0) is 15.1. The second-order valence-corrected chi connectivity index (χ2v) is 6.87. The van der Waals surface area contributed by atoms with Crippen LogP contribution in [0.1, 0.15) is 0 Å². The summed E-state index contributed by atoms with van der Waals surface area (Å²) >= 11 is 18.5. The number of rotatable bonds is 1. The van der Waals surface area contributed by atoms with Gasteiger partial charge in [0.1, 0.15) is 4.47 Å². The highest BCUT2D eigenvalue weighted by Crippen LogP contribution is 2.34. The van der Waals surface area contributed by atoms with E-state index < -0.39 is 0 Å². The Bertz CT molecular complexity index is 902. The van der Waals surface area contributed by atoms with E-state index in [1.807, 2.05) is 0 Å². The third-order valence-corrected chi connectivity index (χ3v) is 4.74. The number of hydrogen-bond donors (Lipinski definition) is 0. The second-order valence-electron chi connectivity index (χ2n) is 4.35. The minimum atomic E-state index is -0.176. The summed E-state index contributed by atoms with van der Waals surface area (Å²) in [6, 6.07) is 10.3. The molecule has 0 radical (unpaired) electrons. The van der Waals surface area contributed by atoms with Gasteiger partial charge in [-0.15, -0.1) is 0 Å². The Kier molecular flexibility index (Phi) is 4.14. The van der Waals surface area contributed by atoms with Crippen LogP contribution in [-0.2, 0) is 0 Å². The zero-order valence-electron chi connectivity index (χ0n) is 10.3. The lowest BCUT2D eigenvalue weighted by Crippen LogP contribution is -2.04. The first-order chi connectivity index (χ1) is 9.97. The highest BCUT2D eigenvalue weighted by molar-refractivity contribution is 9.11. The van der Waals surface area contributed by atoms with Crippen LogP contribution in [0, 0.1) is 0 Å². The van der Waals surface area contributed by atoms with Gasteiger partial charge < -0.3 is 4.42 Å². The van der Waals surface area contributed by atoms with Crippen LogP contribution < -0.4 is 5.43 Å². The lowest BCUT2D eigenvalue weighted by atomic mass is 10.1. The maximum Gasteiger partial charge on any atom is 0.207 e. The maximum atomic E-state index is 12.5. The first-order valence-corrected chi connectivity index (χ1v) is 8.19. The minimum Gasteiger partial charge on any atom is -0.453 e. The number of benzene rings is 2. The average Bonchev–Trinajstić information content (AvgIpc) is 2.44. The van der Waals surface area contributed by atoms with Crippen LogP contribution in [0.15, 0.2) is 54.6 Å². The summed E-state index contributed by atoms with van der Waals surface area (Å²) in [7, 11) is 0. The number of fused-ring (bicyclic) bond motifs is 1. The van der Waals surface area contributed by atoms with Crippen molar-refractivity contribution in [3.63, 3.8) is 0 Å². The predicted octanol–water partition coefficient (Wildman–Crippen LogP) is 6.29. The molecule has 2 nitrogen and oxygen atoms in total. The van der Waals surface area contributed by atoms with Crippen molar-refractivity contribution in [2.45, 2.75) is 0 Å². The van der Waals surface area contributed by atoms with Crippen LogP contribution in [0.4, 0.5) is 0 Å². The molecular weight excluding hydrogens is 443 g/mol. The quantitative estimate of drug-likeness (QED) is 0.437. The Morgan fingerprint density at radius 1 is 0.952 bits per heavy atom. The molecule has 0 atom stereocenters. The first kappa shape index (κ1) is 15.1. The van der Waals surface area contributed by atoms with E-state index in [0.29, 0.717) is 35.7 Å². The first-order valence-electron chi connectivity index (χ1n) is 5.84. The maximum absolute atomic E-state index is 12.5. The van der Waals surface area contributed by atoms with E-state index >= 15 is 0 Å². The molecular formula is C15H6Br2Cl2O2. The fourth-order valence-corrected chi connectivity index (χ4v) is 3.53. The second kappa shape index (κ2) is 5.76. The molecule has 0 saturated carbocycles. The molecule has 3 rings (SSSR count). The Morgan fingerprint density at radius 3 is 2.29 bits per heavy atom. The van der Waals surface area contributed by atoms with Gasteiger partial charge in [0.2, 0.25) is 5.43 Å². The fraction of sp³-hybridized carbons (Fsp3) is 0. The third-order valence-electron chi connectivity index (χ3n) is 2.96. The lowest BCUT2D eigenvalue weighted by Gasteiger charge is -2.08. The molecule has 0 saturated heterocycles. The van der Waals surface area contributed by atoms with E-state index in [4.69, 9.17) is 27.6 Å². The fourth-order valence-electron chi connectivity index (χ4n) is 1.99. The molecule has 0 unspecified atom stereocenters. The van der Waals surface area contributed by atoms with Crippen LogP contribution in [-0.4, -0.2) is 0 Å². The van der Waals surface area contributed by atoms with Gasteiger partial charge in [-0.25, -0.2) is 0 Å². The van der Waals surface area contributed by atoms with Crippen molar-refractivity contribution in [3.05, 3.63) is 65.6 Å². The molecule has 0 aliphatic rings. The van der Waals surface area contributed by atoms with Crippen molar-refractivity contribution in [1.29, 1.82) is 0 Å². The topological polar surface area (TPSA) is 30.2 Å². The molecule has 21 heavy (non-hydrogen) atoms. The Morgan fingerprint density at radius 2 is 1.62 bits per heavy atom. The highest BCUT2D eigenvalue weighted by Gasteiger charge is 2.16. The summed E-state index contributed by atoms with van der Waals surface area (Å²) in [6.07, 6.45) is 0. The monoisotopic (exact) mass is 446 g/mol. The molecule has 3 aromatic rings. The molecule has 0 spiro atoms. The average molecular weight is 449 g/mol. The SMILES string of the molecule is O=c1c(Br)c(-c2ccc(Cl)cc2)oc2c(Br)cc(Cl)cc12. The summed E-state index contributed by atoms with van der Waals surface area (Å²) in [4.78, 5) is 12.5. The van der Waals surface area contributed by atoms with Gasteiger partial charge in [0, 0.05) is 15.6 Å². The molecule has 0 aliphatic carbocycles. The number of halogens is 4. The van der Waals surface area contributed by atoms with E-state index in [-0.39, 0.29) is 5.43 Å². The predicted molar refractivity (Wildman–Crippen MR) is 93.3 cm³/mol. The van der Waals surface area contributed by atoms with Gasteiger partial charge in [0.25, 0.3) is 0 Å². The van der Waals surface area contributed by atoms with Crippen molar-refractivity contribution >= 4 is 66.0 Å². The molecule has 2 aromatic carbocycles. The Labute approximate surface area is 146 Å². The van der Waals surface area contributed by atoms with Crippen molar-refractivity contribution in [3.8, 4) is 11.3 Å². The van der Waals surface area contributed by atoms with Gasteiger partial charge in [0.05, 0.1) is 9.86 Å². The third kappa shape index (κ3) is 2.78. The molecule has 1 heterocycles. The lowest BCUT2D eigenvalue weighted by molar-refractivity contribution is 0.613.